The minimum Gasteiger partial charge on any atom is -0.389 e. The summed E-state index contributed by atoms with van der Waals surface area (Å²) in [5.41, 5.74) is 7.75. The summed E-state index contributed by atoms with van der Waals surface area (Å²) in [5, 5.41) is 0. The highest BCUT2D eigenvalue weighted by Gasteiger charge is 2.15. The molecule has 1 aromatic rings. The molecule has 0 atom stereocenters. The number of halogens is 1. The van der Waals surface area contributed by atoms with Crippen LogP contribution >= 0.6 is 28.1 Å². The summed E-state index contributed by atoms with van der Waals surface area (Å²) in [6.07, 6.45) is 0. The molecule has 0 unspecified atom stereocenters. The lowest BCUT2D eigenvalue weighted by Gasteiger charge is -2.27. The molecule has 4 nitrogen and oxygen atoms in total. The molecule has 0 amide bonds. The van der Waals surface area contributed by atoms with Crippen LogP contribution in [0.4, 0.5) is 5.69 Å². The van der Waals surface area contributed by atoms with Gasteiger partial charge in [-0.2, -0.15) is 0 Å². The Morgan fingerprint density at radius 1 is 1.19 bits per heavy atom. The van der Waals surface area contributed by atoms with Crippen molar-refractivity contribution in [3.05, 3.63) is 28.2 Å². The highest BCUT2D eigenvalue weighted by molar-refractivity contribution is 9.10. The SMILES string of the molecule is CCOCCN(CCOCC)c1cccc(Br)c1C(N)=S. The number of benzene rings is 1. The van der Waals surface area contributed by atoms with E-state index in [1.807, 2.05) is 32.0 Å². The maximum absolute atomic E-state index is 5.88. The van der Waals surface area contributed by atoms with Gasteiger partial charge in [-0.05, 0) is 41.9 Å². The van der Waals surface area contributed by atoms with E-state index in [0.29, 0.717) is 31.4 Å². The van der Waals surface area contributed by atoms with Crippen LogP contribution in [0.1, 0.15) is 19.4 Å². The van der Waals surface area contributed by atoms with Gasteiger partial charge in [0.2, 0.25) is 0 Å². The van der Waals surface area contributed by atoms with Gasteiger partial charge in [0, 0.05) is 42.0 Å². The van der Waals surface area contributed by atoms with Gasteiger partial charge in [-0.15, -0.1) is 0 Å². The van der Waals surface area contributed by atoms with Crippen LogP contribution in [0, 0.1) is 0 Å². The first kappa shape index (κ1) is 18.4. The fourth-order valence-electron chi connectivity index (χ4n) is 2.01. The lowest BCUT2D eigenvalue weighted by Crippen LogP contribution is -2.33. The maximum Gasteiger partial charge on any atom is 0.107 e. The monoisotopic (exact) mass is 374 g/mol. The lowest BCUT2D eigenvalue weighted by atomic mass is 10.1. The quantitative estimate of drug-likeness (QED) is 0.503. The average molecular weight is 375 g/mol. The topological polar surface area (TPSA) is 47.7 Å². The molecular weight excluding hydrogens is 352 g/mol. The fraction of sp³-hybridized carbons (Fsp3) is 0.533. The second-order valence-corrected chi connectivity index (χ2v) is 5.67. The van der Waals surface area contributed by atoms with Gasteiger partial charge in [-0.3, -0.25) is 0 Å². The molecule has 0 radical (unpaired) electrons. The Labute approximate surface area is 140 Å². The van der Waals surface area contributed by atoms with Gasteiger partial charge in [0.1, 0.15) is 4.99 Å². The van der Waals surface area contributed by atoms with E-state index in [-0.39, 0.29) is 0 Å². The molecule has 0 aliphatic rings. The minimum absolute atomic E-state index is 0.385. The Hall–Kier alpha value is -0.690. The highest BCUT2D eigenvalue weighted by Crippen LogP contribution is 2.27. The van der Waals surface area contributed by atoms with Crippen LogP contribution in [0.2, 0.25) is 0 Å². The van der Waals surface area contributed by atoms with Crippen molar-refractivity contribution < 1.29 is 9.47 Å². The van der Waals surface area contributed by atoms with E-state index in [4.69, 9.17) is 27.4 Å². The number of nitrogens with two attached hydrogens (primary N) is 1. The van der Waals surface area contributed by atoms with Crippen molar-refractivity contribution in [2.45, 2.75) is 13.8 Å². The third-order valence-corrected chi connectivity index (χ3v) is 3.86. The van der Waals surface area contributed by atoms with Gasteiger partial charge in [-0.25, -0.2) is 0 Å². The third kappa shape index (κ3) is 5.90. The molecule has 0 aliphatic carbocycles. The fourth-order valence-corrected chi connectivity index (χ4v) is 2.93. The van der Waals surface area contributed by atoms with Crippen molar-refractivity contribution in [3.8, 4) is 0 Å². The summed E-state index contributed by atoms with van der Waals surface area (Å²) in [6.45, 7) is 8.26. The van der Waals surface area contributed by atoms with Gasteiger partial charge in [0.15, 0.2) is 0 Å². The van der Waals surface area contributed by atoms with Crippen molar-refractivity contribution in [3.63, 3.8) is 0 Å². The number of hydrogen-bond donors (Lipinski definition) is 1. The summed E-state index contributed by atoms with van der Waals surface area (Å²) in [7, 11) is 0. The van der Waals surface area contributed by atoms with Gasteiger partial charge in [0.25, 0.3) is 0 Å². The smallest absolute Gasteiger partial charge is 0.107 e. The van der Waals surface area contributed by atoms with Gasteiger partial charge in [-0.1, -0.05) is 18.3 Å². The van der Waals surface area contributed by atoms with E-state index in [9.17, 15) is 0 Å². The Kier molecular flexibility index (Phi) is 8.84. The van der Waals surface area contributed by atoms with Crippen LogP contribution in [0.15, 0.2) is 22.7 Å². The number of anilines is 1. The molecular formula is C15H23BrN2O2S. The molecule has 0 heterocycles. The van der Waals surface area contributed by atoms with Crippen molar-refractivity contribution in [2.24, 2.45) is 5.73 Å². The van der Waals surface area contributed by atoms with Crippen molar-refractivity contribution in [1.82, 2.24) is 0 Å². The molecule has 0 saturated heterocycles. The minimum atomic E-state index is 0.385. The van der Waals surface area contributed by atoms with E-state index in [1.165, 1.54) is 0 Å². The number of rotatable bonds is 10. The summed E-state index contributed by atoms with van der Waals surface area (Å²) >= 11 is 8.71. The number of ether oxygens (including phenoxy) is 2. The predicted molar refractivity (Wildman–Crippen MR) is 95.2 cm³/mol. The Bertz CT molecular complexity index is 447. The van der Waals surface area contributed by atoms with E-state index in [1.54, 1.807) is 0 Å². The molecule has 118 valence electrons. The summed E-state index contributed by atoms with van der Waals surface area (Å²) in [6, 6.07) is 5.95. The normalized spacial score (nSPS) is 10.6. The summed E-state index contributed by atoms with van der Waals surface area (Å²) in [5.74, 6) is 0. The first-order valence-electron chi connectivity index (χ1n) is 7.10. The van der Waals surface area contributed by atoms with Crippen LogP contribution in [0.3, 0.4) is 0 Å². The molecule has 2 N–H and O–H groups in total. The standard InChI is InChI=1S/C15H23BrN2O2S/c1-3-19-10-8-18(9-11-20-4-2)13-7-5-6-12(16)14(13)15(17)21/h5-7H,3-4,8-11H2,1-2H3,(H2,17,21). The maximum atomic E-state index is 5.88. The first-order chi connectivity index (χ1) is 10.1. The molecule has 1 aromatic carbocycles. The zero-order valence-electron chi connectivity index (χ0n) is 12.6. The molecule has 0 bridgehead atoms. The molecule has 6 heteroatoms. The molecule has 0 aromatic heterocycles. The zero-order valence-corrected chi connectivity index (χ0v) is 15.0. The second kappa shape index (κ2) is 10.1. The van der Waals surface area contributed by atoms with Gasteiger partial charge in [0.05, 0.1) is 13.2 Å². The summed E-state index contributed by atoms with van der Waals surface area (Å²) < 4.78 is 11.8. The summed E-state index contributed by atoms with van der Waals surface area (Å²) in [4.78, 5) is 2.58. The number of nitrogens with zero attached hydrogens (tertiary/aromatic N) is 1. The third-order valence-electron chi connectivity index (χ3n) is 3.00. The van der Waals surface area contributed by atoms with Crippen LogP contribution in [-0.2, 0) is 9.47 Å². The van der Waals surface area contributed by atoms with Crippen LogP contribution in [-0.4, -0.2) is 44.5 Å². The van der Waals surface area contributed by atoms with Crippen molar-refractivity contribution >= 4 is 38.8 Å². The Balaban J connectivity index is 2.95. The molecule has 21 heavy (non-hydrogen) atoms. The van der Waals surface area contributed by atoms with Crippen molar-refractivity contribution in [1.29, 1.82) is 0 Å². The predicted octanol–water partition coefficient (Wildman–Crippen LogP) is 2.96. The molecule has 1 rings (SSSR count). The number of hydrogen-bond acceptors (Lipinski definition) is 4. The van der Waals surface area contributed by atoms with Crippen LogP contribution in [0.5, 0.6) is 0 Å². The van der Waals surface area contributed by atoms with E-state index in [2.05, 4.69) is 20.8 Å². The Morgan fingerprint density at radius 3 is 2.24 bits per heavy atom. The molecule has 0 saturated carbocycles. The molecule has 0 fully saturated rings. The largest absolute Gasteiger partial charge is 0.389 e. The Morgan fingerprint density at radius 2 is 1.76 bits per heavy atom. The first-order valence-corrected chi connectivity index (χ1v) is 8.30. The zero-order chi connectivity index (χ0) is 15.7. The highest BCUT2D eigenvalue weighted by atomic mass is 79.9. The average Bonchev–Trinajstić information content (AvgIpc) is 2.45. The van der Waals surface area contributed by atoms with Crippen LogP contribution < -0.4 is 10.6 Å². The van der Waals surface area contributed by atoms with Crippen LogP contribution in [0.25, 0.3) is 0 Å². The van der Waals surface area contributed by atoms with E-state index >= 15 is 0 Å². The van der Waals surface area contributed by atoms with Crippen molar-refractivity contribution in [2.75, 3.05) is 44.4 Å². The van der Waals surface area contributed by atoms with E-state index < -0.39 is 0 Å². The molecule has 0 spiro atoms. The van der Waals surface area contributed by atoms with Gasteiger partial charge >= 0.3 is 0 Å². The van der Waals surface area contributed by atoms with E-state index in [0.717, 1.165) is 28.8 Å². The molecule has 0 aliphatic heterocycles. The lowest BCUT2D eigenvalue weighted by molar-refractivity contribution is 0.141. The second-order valence-electron chi connectivity index (χ2n) is 4.38. The number of thiocarbonyl (C=S) groups is 1. The van der Waals surface area contributed by atoms with Gasteiger partial charge < -0.3 is 20.1 Å².